The van der Waals surface area contributed by atoms with E-state index in [1.54, 1.807) is 0 Å². The van der Waals surface area contributed by atoms with E-state index in [1.807, 2.05) is 6.92 Å². The fourth-order valence-electron chi connectivity index (χ4n) is 3.58. The lowest BCUT2D eigenvalue weighted by Crippen LogP contribution is -2.48. The van der Waals surface area contributed by atoms with Crippen LogP contribution in [0, 0.1) is 12.3 Å². The quantitative estimate of drug-likeness (QED) is 0.869. The molecular formula is C19H29N3O2. The molecule has 5 heteroatoms. The van der Waals surface area contributed by atoms with Crippen molar-refractivity contribution in [3.05, 3.63) is 29.1 Å². The average Bonchev–Trinajstić information content (AvgIpc) is 2.94. The van der Waals surface area contributed by atoms with E-state index < -0.39 is 0 Å². The molecule has 0 radical (unpaired) electrons. The molecule has 3 heterocycles. The van der Waals surface area contributed by atoms with Crippen LogP contribution in [0.25, 0.3) is 0 Å². The van der Waals surface area contributed by atoms with Crippen LogP contribution in [0.4, 0.5) is 0 Å². The molecule has 2 saturated heterocycles. The zero-order chi connectivity index (χ0) is 17.2. The summed E-state index contributed by atoms with van der Waals surface area (Å²) in [5.74, 6) is 0.122. The molecule has 24 heavy (non-hydrogen) atoms. The number of aryl methyl sites for hydroxylation is 2. The van der Waals surface area contributed by atoms with Crippen molar-refractivity contribution in [3.63, 3.8) is 0 Å². The first-order chi connectivity index (χ1) is 11.5. The van der Waals surface area contributed by atoms with Gasteiger partial charge < -0.3 is 10.1 Å². The van der Waals surface area contributed by atoms with Gasteiger partial charge in [-0.25, -0.2) is 0 Å². The Morgan fingerprint density at radius 2 is 2.25 bits per heavy atom. The number of hydrogen-bond donors (Lipinski definition) is 1. The number of ether oxygens (including phenoxy) is 1. The first-order valence-corrected chi connectivity index (χ1v) is 8.97. The van der Waals surface area contributed by atoms with Crippen LogP contribution >= 0.6 is 0 Å². The highest BCUT2D eigenvalue weighted by molar-refractivity contribution is 5.76. The smallest absolute Gasteiger partial charge is 0.220 e. The number of pyridine rings is 1. The minimum atomic E-state index is 0.122. The maximum atomic E-state index is 12.1. The van der Waals surface area contributed by atoms with Crippen molar-refractivity contribution in [2.24, 2.45) is 5.41 Å². The average molecular weight is 331 g/mol. The molecule has 0 aromatic carbocycles. The zero-order valence-corrected chi connectivity index (χ0v) is 15.1. The van der Waals surface area contributed by atoms with Gasteiger partial charge in [0.25, 0.3) is 0 Å². The number of nitrogens with one attached hydrogen (secondary N) is 1. The van der Waals surface area contributed by atoms with Gasteiger partial charge in [-0.15, -0.1) is 0 Å². The number of nitrogens with zero attached hydrogens (tertiary/aromatic N) is 2. The second-order valence-corrected chi connectivity index (χ2v) is 7.76. The third-order valence-electron chi connectivity index (χ3n) is 5.15. The second-order valence-electron chi connectivity index (χ2n) is 7.76. The van der Waals surface area contributed by atoms with Crippen LogP contribution in [-0.4, -0.2) is 49.1 Å². The number of carbonyl (C=O) groups excluding carboxylic acids is 1. The van der Waals surface area contributed by atoms with Gasteiger partial charge in [0.05, 0.1) is 24.9 Å². The van der Waals surface area contributed by atoms with E-state index in [0.29, 0.717) is 19.0 Å². The molecule has 1 amide bonds. The topological polar surface area (TPSA) is 54.5 Å². The van der Waals surface area contributed by atoms with Gasteiger partial charge in [0.1, 0.15) is 0 Å². The predicted molar refractivity (Wildman–Crippen MR) is 93.8 cm³/mol. The first-order valence-electron chi connectivity index (χ1n) is 8.97. The third kappa shape index (κ3) is 4.14. The summed E-state index contributed by atoms with van der Waals surface area (Å²) in [6, 6.07) is 4.72. The monoisotopic (exact) mass is 331 g/mol. The van der Waals surface area contributed by atoms with E-state index in [9.17, 15) is 4.79 Å². The minimum absolute atomic E-state index is 0.122. The summed E-state index contributed by atoms with van der Waals surface area (Å²) >= 11 is 0. The van der Waals surface area contributed by atoms with Gasteiger partial charge in [-0.05, 0) is 57.5 Å². The van der Waals surface area contributed by atoms with Crippen molar-refractivity contribution in [1.29, 1.82) is 0 Å². The number of rotatable bonds is 6. The molecular weight excluding hydrogens is 302 g/mol. The molecule has 1 aromatic rings. The largest absolute Gasteiger partial charge is 0.380 e. The Morgan fingerprint density at radius 3 is 2.88 bits per heavy atom. The molecule has 2 aliphatic rings. The lowest BCUT2D eigenvalue weighted by molar-refractivity contribution is -0.126. The number of aromatic nitrogens is 1. The molecule has 2 aliphatic heterocycles. The van der Waals surface area contributed by atoms with Crippen LogP contribution < -0.4 is 5.32 Å². The molecule has 3 rings (SSSR count). The van der Waals surface area contributed by atoms with Crippen LogP contribution in [0.2, 0.25) is 0 Å². The van der Waals surface area contributed by atoms with Crippen molar-refractivity contribution >= 4 is 5.91 Å². The van der Waals surface area contributed by atoms with Crippen LogP contribution in [0.3, 0.4) is 0 Å². The Bertz CT molecular complexity index is 598. The molecule has 5 nitrogen and oxygen atoms in total. The van der Waals surface area contributed by atoms with Crippen molar-refractivity contribution in [2.75, 3.05) is 33.4 Å². The highest BCUT2D eigenvalue weighted by Crippen LogP contribution is 2.30. The summed E-state index contributed by atoms with van der Waals surface area (Å²) in [6.45, 7) is 7.52. The summed E-state index contributed by atoms with van der Waals surface area (Å²) < 4.78 is 5.22. The lowest BCUT2D eigenvalue weighted by atomic mass is 9.89. The van der Waals surface area contributed by atoms with E-state index in [1.165, 1.54) is 18.4 Å². The molecule has 0 aliphatic carbocycles. The van der Waals surface area contributed by atoms with E-state index >= 15 is 0 Å². The SMILES string of the molecule is Cc1cc(CCC(=O)NCC2(C)COC2)cc([C@@H]2CCCN2C)n1. The van der Waals surface area contributed by atoms with Gasteiger partial charge >= 0.3 is 0 Å². The number of likely N-dealkylation sites (tertiary alicyclic amines) is 1. The van der Waals surface area contributed by atoms with Crippen molar-refractivity contribution in [3.8, 4) is 0 Å². The Hall–Kier alpha value is -1.46. The van der Waals surface area contributed by atoms with Crippen LogP contribution in [0.5, 0.6) is 0 Å². The third-order valence-corrected chi connectivity index (χ3v) is 5.15. The Kier molecular flexibility index (Phi) is 5.21. The van der Waals surface area contributed by atoms with E-state index in [2.05, 4.69) is 36.3 Å². The zero-order valence-electron chi connectivity index (χ0n) is 15.1. The second kappa shape index (κ2) is 7.19. The van der Waals surface area contributed by atoms with Gasteiger partial charge in [0, 0.05) is 24.1 Å². The van der Waals surface area contributed by atoms with E-state index in [4.69, 9.17) is 9.72 Å². The number of carbonyl (C=O) groups is 1. The maximum absolute atomic E-state index is 12.1. The van der Waals surface area contributed by atoms with Crippen LogP contribution in [0.1, 0.15) is 49.2 Å². The van der Waals surface area contributed by atoms with Gasteiger partial charge in [-0.1, -0.05) is 6.92 Å². The fourth-order valence-corrected chi connectivity index (χ4v) is 3.58. The van der Waals surface area contributed by atoms with Gasteiger partial charge in [-0.3, -0.25) is 14.7 Å². The molecule has 1 N–H and O–H groups in total. The summed E-state index contributed by atoms with van der Waals surface area (Å²) in [7, 11) is 2.17. The Labute approximate surface area is 144 Å². The van der Waals surface area contributed by atoms with Gasteiger partial charge in [0.2, 0.25) is 5.91 Å². The maximum Gasteiger partial charge on any atom is 0.220 e. The van der Waals surface area contributed by atoms with Crippen LogP contribution in [0.15, 0.2) is 12.1 Å². The van der Waals surface area contributed by atoms with E-state index in [-0.39, 0.29) is 11.3 Å². The summed E-state index contributed by atoms with van der Waals surface area (Å²) in [5, 5.41) is 3.04. The summed E-state index contributed by atoms with van der Waals surface area (Å²) in [5.41, 5.74) is 3.54. The molecule has 0 spiro atoms. The van der Waals surface area contributed by atoms with Crippen molar-refractivity contribution in [2.45, 2.75) is 45.6 Å². The Morgan fingerprint density at radius 1 is 1.46 bits per heavy atom. The van der Waals surface area contributed by atoms with Gasteiger partial charge in [-0.2, -0.15) is 0 Å². The predicted octanol–water partition coefficient (Wildman–Crippen LogP) is 2.24. The normalized spacial score (nSPS) is 23.0. The van der Waals surface area contributed by atoms with E-state index in [0.717, 1.165) is 37.6 Å². The fraction of sp³-hybridized carbons (Fsp3) is 0.684. The van der Waals surface area contributed by atoms with Crippen molar-refractivity contribution < 1.29 is 9.53 Å². The molecule has 1 atom stereocenters. The number of hydrogen-bond acceptors (Lipinski definition) is 4. The van der Waals surface area contributed by atoms with Crippen molar-refractivity contribution in [1.82, 2.24) is 15.2 Å². The summed E-state index contributed by atoms with van der Waals surface area (Å²) in [4.78, 5) is 19.2. The highest BCUT2D eigenvalue weighted by atomic mass is 16.5. The first kappa shape index (κ1) is 17.4. The molecule has 132 valence electrons. The molecule has 0 unspecified atom stereocenters. The molecule has 0 bridgehead atoms. The molecule has 0 saturated carbocycles. The lowest BCUT2D eigenvalue weighted by Gasteiger charge is -2.38. The number of amides is 1. The standard InChI is InChI=1S/C19H29N3O2/c1-14-9-15(10-16(21-14)17-5-4-8-22(17)3)6-7-18(23)20-11-19(2)12-24-13-19/h9-10,17H,4-8,11-13H2,1-3H3,(H,20,23)/t17-/m0/s1. The molecule has 2 fully saturated rings. The highest BCUT2D eigenvalue weighted by Gasteiger charge is 2.33. The Balaban J connectivity index is 1.54. The summed E-state index contributed by atoms with van der Waals surface area (Å²) in [6.07, 6.45) is 3.71. The van der Waals surface area contributed by atoms with Crippen LogP contribution in [-0.2, 0) is 16.0 Å². The van der Waals surface area contributed by atoms with Gasteiger partial charge in [0.15, 0.2) is 0 Å². The molecule has 1 aromatic heterocycles. The minimum Gasteiger partial charge on any atom is -0.380 e.